The van der Waals surface area contributed by atoms with Gasteiger partial charge in [0, 0.05) is 5.92 Å². The van der Waals surface area contributed by atoms with Crippen molar-refractivity contribution in [1.29, 1.82) is 0 Å². The first kappa shape index (κ1) is 17.2. The van der Waals surface area contributed by atoms with Crippen molar-refractivity contribution < 1.29 is 14.7 Å². The second-order valence-electron chi connectivity index (χ2n) is 5.55. The Hall–Kier alpha value is -1.84. The fraction of sp³-hybridized carbons (Fsp3) is 0.529. The van der Waals surface area contributed by atoms with Crippen LogP contribution in [-0.2, 0) is 4.79 Å². The van der Waals surface area contributed by atoms with Crippen LogP contribution >= 0.6 is 0 Å². The van der Waals surface area contributed by atoms with Gasteiger partial charge in [-0.1, -0.05) is 32.8 Å². The van der Waals surface area contributed by atoms with Crippen LogP contribution in [0, 0.1) is 19.8 Å². The van der Waals surface area contributed by atoms with Crippen molar-refractivity contribution >= 4 is 17.6 Å². The van der Waals surface area contributed by atoms with Gasteiger partial charge in [0.2, 0.25) is 5.91 Å². The number of carboxylic acids is 1. The van der Waals surface area contributed by atoms with Crippen molar-refractivity contribution in [3.8, 4) is 0 Å². The highest BCUT2D eigenvalue weighted by molar-refractivity contribution is 6.02. The molecule has 0 bridgehead atoms. The lowest BCUT2D eigenvalue weighted by Crippen LogP contribution is -2.24. The molecular weight excluding hydrogens is 266 g/mol. The number of nitrogens with one attached hydrogen (secondary N) is 1. The number of carboxylic acid groups (broad SMARTS) is 1. The summed E-state index contributed by atoms with van der Waals surface area (Å²) in [5, 5.41) is 12.1. The number of anilines is 1. The Morgan fingerprint density at radius 2 is 1.90 bits per heavy atom. The largest absolute Gasteiger partial charge is 0.478 e. The average Bonchev–Trinajstić information content (AvgIpc) is 2.42. The van der Waals surface area contributed by atoms with Gasteiger partial charge < -0.3 is 10.4 Å². The van der Waals surface area contributed by atoms with Crippen molar-refractivity contribution in [2.24, 2.45) is 5.92 Å². The van der Waals surface area contributed by atoms with Crippen LogP contribution in [0.1, 0.15) is 61.0 Å². The van der Waals surface area contributed by atoms with Gasteiger partial charge in [0.15, 0.2) is 0 Å². The highest BCUT2D eigenvalue weighted by Crippen LogP contribution is 2.25. The predicted octanol–water partition coefficient (Wildman–Crippen LogP) is 4.16. The summed E-state index contributed by atoms with van der Waals surface area (Å²) in [6.07, 6.45) is 3.66. The van der Waals surface area contributed by atoms with Crippen molar-refractivity contribution in [3.63, 3.8) is 0 Å². The molecule has 1 aromatic rings. The smallest absolute Gasteiger partial charge is 0.337 e. The maximum absolute atomic E-state index is 12.4. The molecule has 4 nitrogen and oxygen atoms in total. The fourth-order valence-corrected chi connectivity index (χ4v) is 2.50. The zero-order valence-electron chi connectivity index (χ0n) is 13.3. The molecule has 0 saturated carbocycles. The highest BCUT2D eigenvalue weighted by Gasteiger charge is 2.20. The van der Waals surface area contributed by atoms with E-state index in [4.69, 9.17) is 0 Å². The minimum absolute atomic E-state index is 0.0627. The molecule has 1 rings (SSSR count). The van der Waals surface area contributed by atoms with Gasteiger partial charge in [0.25, 0.3) is 0 Å². The van der Waals surface area contributed by atoms with Crippen LogP contribution < -0.4 is 5.32 Å². The fourth-order valence-electron chi connectivity index (χ4n) is 2.50. The number of rotatable bonds is 7. The van der Waals surface area contributed by atoms with Crippen molar-refractivity contribution in [1.82, 2.24) is 0 Å². The Bertz CT molecular complexity index is 523. The van der Waals surface area contributed by atoms with Gasteiger partial charge >= 0.3 is 5.97 Å². The van der Waals surface area contributed by atoms with Gasteiger partial charge in [-0.3, -0.25) is 4.79 Å². The van der Waals surface area contributed by atoms with Crippen molar-refractivity contribution in [2.75, 3.05) is 5.32 Å². The van der Waals surface area contributed by atoms with Gasteiger partial charge in [-0.15, -0.1) is 0 Å². The van der Waals surface area contributed by atoms with E-state index in [-0.39, 0.29) is 17.4 Å². The Labute approximate surface area is 126 Å². The van der Waals surface area contributed by atoms with E-state index in [0.29, 0.717) is 5.69 Å². The maximum atomic E-state index is 12.4. The van der Waals surface area contributed by atoms with Crippen LogP contribution in [0.25, 0.3) is 0 Å². The normalized spacial score (nSPS) is 12.0. The van der Waals surface area contributed by atoms with Gasteiger partial charge in [-0.2, -0.15) is 0 Å². The van der Waals surface area contributed by atoms with Crippen molar-refractivity contribution in [3.05, 3.63) is 28.8 Å². The monoisotopic (exact) mass is 291 g/mol. The molecule has 1 unspecified atom stereocenters. The van der Waals surface area contributed by atoms with E-state index in [1.54, 1.807) is 6.07 Å². The second kappa shape index (κ2) is 7.81. The third-order valence-electron chi connectivity index (χ3n) is 3.73. The Balaban J connectivity index is 3.01. The summed E-state index contributed by atoms with van der Waals surface area (Å²) < 4.78 is 0. The Morgan fingerprint density at radius 3 is 2.43 bits per heavy atom. The van der Waals surface area contributed by atoms with E-state index in [2.05, 4.69) is 12.2 Å². The molecule has 0 heterocycles. The molecule has 0 aliphatic heterocycles. The zero-order valence-corrected chi connectivity index (χ0v) is 13.3. The summed E-state index contributed by atoms with van der Waals surface area (Å²) in [4.78, 5) is 23.7. The van der Waals surface area contributed by atoms with Gasteiger partial charge in [0.05, 0.1) is 11.3 Å². The highest BCUT2D eigenvalue weighted by atomic mass is 16.4. The number of hydrogen-bond donors (Lipinski definition) is 2. The molecule has 1 amide bonds. The Morgan fingerprint density at radius 1 is 1.24 bits per heavy atom. The van der Waals surface area contributed by atoms with Crippen LogP contribution in [0.15, 0.2) is 12.1 Å². The number of hydrogen-bond acceptors (Lipinski definition) is 2. The second-order valence-corrected chi connectivity index (χ2v) is 5.55. The molecular formula is C17H25NO3. The number of benzene rings is 1. The summed E-state index contributed by atoms with van der Waals surface area (Å²) >= 11 is 0. The molecule has 0 aliphatic rings. The molecule has 0 fully saturated rings. The molecule has 0 spiro atoms. The third kappa shape index (κ3) is 4.59. The lowest BCUT2D eigenvalue weighted by atomic mass is 9.97. The molecule has 1 atom stereocenters. The molecule has 0 saturated heterocycles. The summed E-state index contributed by atoms with van der Waals surface area (Å²) in [7, 11) is 0. The zero-order chi connectivity index (χ0) is 16.0. The molecule has 1 aromatic carbocycles. The maximum Gasteiger partial charge on any atom is 0.337 e. The SMILES string of the molecule is CCCCC(CC)C(=O)Nc1c(C)cc(C)cc1C(=O)O. The van der Waals surface area contributed by atoms with E-state index in [1.165, 1.54) is 0 Å². The van der Waals surface area contributed by atoms with E-state index >= 15 is 0 Å². The van der Waals surface area contributed by atoms with Gasteiger partial charge in [-0.05, 0) is 43.9 Å². The molecule has 0 radical (unpaired) electrons. The lowest BCUT2D eigenvalue weighted by molar-refractivity contribution is -0.120. The van der Waals surface area contributed by atoms with Crippen LogP contribution in [0.4, 0.5) is 5.69 Å². The summed E-state index contributed by atoms with van der Waals surface area (Å²) in [6, 6.07) is 3.48. The molecule has 21 heavy (non-hydrogen) atoms. The first-order chi connectivity index (χ1) is 9.90. The first-order valence-electron chi connectivity index (χ1n) is 7.56. The first-order valence-corrected chi connectivity index (χ1v) is 7.56. The van der Waals surface area contributed by atoms with Gasteiger partial charge in [0.1, 0.15) is 0 Å². The van der Waals surface area contributed by atoms with E-state index in [9.17, 15) is 14.7 Å². The topological polar surface area (TPSA) is 66.4 Å². The number of carbonyl (C=O) groups is 2. The summed E-state index contributed by atoms with van der Waals surface area (Å²) in [5.74, 6) is -1.16. The number of carbonyl (C=O) groups excluding carboxylic acids is 1. The van der Waals surface area contributed by atoms with Gasteiger partial charge in [-0.25, -0.2) is 4.79 Å². The third-order valence-corrected chi connectivity index (χ3v) is 3.73. The standard InChI is InChI=1S/C17H25NO3/c1-5-7-8-13(6-2)16(19)18-15-12(4)9-11(3)10-14(15)17(20)21/h9-10,13H,5-8H2,1-4H3,(H,18,19)(H,20,21). The Kier molecular flexibility index (Phi) is 6.40. The molecule has 116 valence electrons. The number of aryl methyl sites for hydroxylation is 2. The quantitative estimate of drug-likeness (QED) is 0.792. The van der Waals surface area contributed by atoms with Crippen molar-refractivity contribution in [2.45, 2.75) is 53.4 Å². The van der Waals surface area contributed by atoms with Crippen LogP contribution in [0.5, 0.6) is 0 Å². The molecule has 2 N–H and O–H groups in total. The minimum atomic E-state index is -1.02. The van der Waals surface area contributed by atoms with E-state index in [1.807, 2.05) is 26.8 Å². The summed E-state index contributed by atoms with van der Waals surface area (Å²) in [5.41, 5.74) is 2.24. The molecule has 0 aliphatic carbocycles. The number of aromatic carboxylic acids is 1. The number of unbranched alkanes of at least 4 members (excludes halogenated alkanes) is 1. The number of amides is 1. The van der Waals surface area contributed by atoms with E-state index < -0.39 is 5.97 Å². The predicted molar refractivity (Wildman–Crippen MR) is 84.8 cm³/mol. The van der Waals surface area contributed by atoms with Crippen LogP contribution in [-0.4, -0.2) is 17.0 Å². The van der Waals surface area contributed by atoms with Crippen LogP contribution in [0.3, 0.4) is 0 Å². The molecule has 0 aromatic heterocycles. The minimum Gasteiger partial charge on any atom is -0.478 e. The lowest BCUT2D eigenvalue weighted by Gasteiger charge is -2.17. The summed E-state index contributed by atoms with van der Waals surface area (Å²) in [6.45, 7) is 7.75. The average molecular weight is 291 g/mol. The molecule has 4 heteroatoms. The van der Waals surface area contributed by atoms with E-state index in [0.717, 1.165) is 36.8 Å². The van der Waals surface area contributed by atoms with Crippen LogP contribution in [0.2, 0.25) is 0 Å².